The van der Waals surface area contributed by atoms with Gasteiger partial charge in [-0.3, -0.25) is 13.9 Å². The van der Waals surface area contributed by atoms with E-state index in [2.05, 4.69) is 15.4 Å². The van der Waals surface area contributed by atoms with Crippen LogP contribution in [0, 0.1) is 6.92 Å². The summed E-state index contributed by atoms with van der Waals surface area (Å²) in [4.78, 5) is 17.1. The summed E-state index contributed by atoms with van der Waals surface area (Å²) in [6.07, 6.45) is 8.95. The van der Waals surface area contributed by atoms with Crippen molar-refractivity contribution in [1.82, 2.24) is 19.2 Å². The summed E-state index contributed by atoms with van der Waals surface area (Å²) in [5.74, 6) is -0.190. The summed E-state index contributed by atoms with van der Waals surface area (Å²) in [6, 6.07) is 5.67. The highest BCUT2D eigenvalue weighted by Crippen LogP contribution is 2.17. The number of hydrogen-bond acceptors (Lipinski definition) is 4. The molecule has 25 heavy (non-hydrogen) atoms. The van der Waals surface area contributed by atoms with Crippen LogP contribution in [0.5, 0.6) is 0 Å². The van der Waals surface area contributed by atoms with Gasteiger partial charge in [0.15, 0.2) is 0 Å². The molecule has 4 rings (SSSR count). The van der Waals surface area contributed by atoms with Gasteiger partial charge in [-0.15, -0.1) is 0 Å². The van der Waals surface area contributed by atoms with Crippen molar-refractivity contribution < 1.29 is 9.53 Å². The molecule has 1 N–H and O–H groups in total. The van der Waals surface area contributed by atoms with E-state index in [4.69, 9.17) is 4.74 Å². The van der Waals surface area contributed by atoms with Crippen molar-refractivity contribution in [2.24, 2.45) is 0 Å². The van der Waals surface area contributed by atoms with Crippen molar-refractivity contribution in [3.63, 3.8) is 0 Å². The number of aryl methyl sites for hydroxylation is 1. The SMILES string of the molecule is Cc1nc2ccccn2c1C(=O)Nc1cnn(C[C@H]2CCCCO2)c1. The van der Waals surface area contributed by atoms with Crippen molar-refractivity contribution in [2.75, 3.05) is 11.9 Å². The lowest BCUT2D eigenvalue weighted by Gasteiger charge is -2.22. The summed E-state index contributed by atoms with van der Waals surface area (Å²) >= 11 is 0. The molecule has 3 aromatic rings. The number of aromatic nitrogens is 4. The number of fused-ring (bicyclic) bond motifs is 1. The van der Waals surface area contributed by atoms with E-state index in [1.54, 1.807) is 10.6 Å². The highest BCUT2D eigenvalue weighted by molar-refractivity contribution is 6.04. The van der Waals surface area contributed by atoms with E-state index in [-0.39, 0.29) is 12.0 Å². The number of nitrogens with one attached hydrogen (secondary N) is 1. The lowest BCUT2D eigenvalue weighted by molar-refractivity contribution is 0.00401. The Morgan fingerprint density at radius 3 is 3.16 bits per heavy atom. The molecule has 0 unspecified atom stereocenters. The Balaban J connectivity index is 1.48. The summed E-state index contributed by atoms with van der Waals surface area (Å²) in [6.45, 7) is 3.37. The van der Waals surface area contributed by atoms with E-state index in [0.717, 1.165) is 25.1 Å². The lowest BCUT2D eigenvalue weighted by Crippen LogP contribution is -2.24. The molecule has 0 aromatic carbocycles. The number of nitrogens with zero attached hydrogens (tertiary/aromatic N) is 4. The zero-order valence-corrected chi connectivity index (χ0v) is 14.2. The molecule has 0 radical (unpaired) electrons. The smallest absolute Gasteiger partial charge is 0.274 e. The van der Waals surface area contributed by atoms with Crippen molar-refractivity contribution in [1.29, 1.82) is 0 Å². The van der Waals surface area contributed by atoms with Crippen LogP contribution in [0.15, 0.2) is 36.8 Å². The van der Waals surface area contributed by atoms with Gasteiger partial charge in [-0.25, -0.2) is 4.98 Å². The molecule has 1 aliphatic rings. The minimum absolute atomic E-state index is 0.190. The topological polar surface area (TPSA) is 73.5 Å². The Hall–Kier alpha value is -2.67. The van der Waals surface area contributed by atoms with Crippen LogP contribution in [-0.2, 0) is 11.3 Å². The molecule has 0 aliphatic carbocycles. The normalized spacial score (nSPS) is 17.7. The lowest BCUT2D eigenvalue weighted by atomic mass is 10.1. The summed E-state index contributed by atoms with van der Waals surface area (Å²) in [5, 5.41) is 7.24. The Kier molecular flexibility index (Phi) is 4.23. The number of anilines is 1. The maximum Gasteiger partial charge on any atom is 0.274 e. The van der Waals surface area contributed by atoms with Crippen LogP contribution < -0.4 is 5.32 Å². The number of ether oxygens (including phenoxy) is 1. The van der Waals surface area contributed by atoms with Gasteiger partial charge in [0.1, 0.15) is 11.3 Å². The molecule has 0 bridgehead atoms. The van der Waals surface area contributed by atoms with E-state index < -0.39 is 0 Å². The van der Waals surface area contributed by atoms with Gasteiger partial charge in [-0.05, 0) is 38.3 Å². The van der Waals surface area contributed by atoms with Crippen molar-refractivity contribution in [3.8, 4) is 0 Å². The van der Waals surface area contributed by atoms with Gasteiger partial charge in [-0.1, -0.05) is 6.07 Å². The second-order valence-corrected chi connectivity index (χ2v) is 6.37. The van der Waals surface area contributed by atoms with Crippen LogP contribution in [0.3, 0.4) is 0 Å². The molecule has 3 aromatic heterocycles. The molecule has 4 heterocycles. The largest absolute Gasteiger partial charge is 0.376 e. The summed E-state index contributed by atoms with van der Waals surface area (Å²) < 4.78 is 9.36. The maximum absolute atomic E-state index is 12.7. The first kappa shape index (κ1) is 15.8. The zero-order chi connectivity index (χ0) is 17.2. The fourth-order valence-electron chi connectivity index (χ4n) is 3.27. The maximum atomic E-state index is 12.7. The molecule has 1 fully saturated rings. The first-order valence-electron chi connectivity index (χ1n) is 8.60. The van der Waals surface area contributed by atoms with Gasteiger partial charge in [0.05, 0.1) is 30.2 Å². The van der Waals surface area contributed by atoms with Crippen molar-refractivity contribution in [3.05, 3.63) is 48.2 Å². The van der Waals surface area contributed by atoms with E-state index in [0.29, 0.717) is 23.6 Å². The summed E-state index contributed by atoms with van der Waals surface area (Å²) in [7, 11) is 0. The van der Waals surface area contributed by atoms with E-state index in [1.807, 2.05) is 42.2 Å². The molecule has 0 saturated carbocycles. The number of pyridine rings is 1. The number of carbonyl (C=O) groups is 1. The van der Waals surface area contributed by atoms with Gasteiger partial charge >= 0.3 is 0 Å². The minimum Gasteiger partial charge on any atom is -0.376 e. The Labute approximate surface area is 145 Å². The molecule has 1 saturated heterocycles. The molecule has 1 aliphatic heterocycles. The fourth-order valence-corrected chi connectivity index (χ4v) is 3.27. The molecule has 1 atom stereocenters. The predicted octanol–water partition coefficient (Wildman–Crippen LogP) is 2.66. The minimum atomic E-state index is -0.190. The van der Waals surface area contributed by atoms with Gasteiger partial charge in [0, 0.05) is 19.0 Å². The first-order valence-corrected chi connectivity index (χ1v) is 8.60. The third-order valence-corrected chi connectivity index (χ3v) is 4.48. The third kappa shape index (κ3) is 3.28. The number of imidazole rings is 1. The van der Waals surface area contributed by atoms with Crippen LogP contribution in [-0.4, -0.2) is 37.8 Å². The van der Waals surface area contributed by atoms with Crippen LogP contribution in [0.25, 0.3) is 5.65 Å². The standard InChI is InChI=1S/C18H21N5O2/c1-13-17(23-8-4-2-7-16(23)20-13)18(24)21-14-10-19-22(11-14)12-15-6-3-5-9-25-15/h2,4,7-8,10-11,15H,3,5-6,9,12H2,1H3,(H,21,24)/t15-/m1/s1. The van der Waals surface area contributed by atoms with Crippen LogP contribution >= 0.6 is 0 Å². The molecular formula is C18H21N5O2. The molecule has 0 spiro atoms. The van der Waals surface area contributed by atoms with Gasteiger partial charge < -0.3 is 10.1 Å². The number of hydrogen-bond donors (Lipinski definition) is 1. The monoisotopic (exact) mass is 339 g/mol. The van der Waals surface area contributed by atoms with E-state index in [9.17, 15) is 4.79 Å². The Morgan fingerprint density at radius 1 is 1.40 bits per heavy atom. The van der Waals surface area contributed by atoms with Gasteiger partial charge in [0.25, 0.3) is 5.91 Å². The Bertz CT molecular complexity index is 892. The average molecular weight is 339 g/mol. The van der Waals surface area contributed by atoms with Crippen LogP contribution in [0.1, 0.15) is 35.4 Å². The molecular weight excluding hydrogens is 318 g/mol. The zero-order valence-electron chi connectivity index (χ0n) is 14.2. The second kappa shape index (κ2) is 6.68. The third-order valence-electron chi connectivity index (χ3n) is 4.48. The van der Waals surface area contributed by atoms with Crippen molar-refractivity contribution in [2.45, 2.75) is 38.8 Å². The van der Waals surface area contributed by atoms with Crippen LogP contribution in [0.2, 0.25) is 0 Å². The van der Waals surface area contributed by atoms with Crippen LogP contribution in [0.4, 0.5) is 5.69 Å². The predicted molar refractivity (Wildman–Crippen MR) is 93.7 cm³/mol. The molecule has 7 nitrogen and oxygen atoms in total. The van der Waals surface area contributed by atoms with Gasteiger partial charge in [0.2, 0.25) is 0 Å². The average Bonchev–Trinajstić information content (AvgIpc) is 3.18. The number of rotatable bonds is 4. The number of carbonyl (C=O) groups excluding carboxylic acids is 1. The first-order chi connectivity index (χ1) is 12.2. The van der Waals surface area contributed by atoms with E-state index >= 15 is 0 Å². The Morgan fingerprint density at radius 2 is 2.32 bits per heavy atom. The fraction of sp³-hybridized carbons (Fsp3) is 0.389. The molecule has 7 heteroatoms. The van der Waals surface area contributed by atoms with Crippen molar-refractivity contribution >= 4 is 17.2 Å². The second-order valence-electron chi connectivity index (χ2n) is 6.37. The summed E-state index contributed by atoms with van der Waals surface area (Å²) in [5.41, 5.74) is 2.67. The molecule has 1 amide bonds. The number of amides is 1. The quantitative estimate of drug-likeness (QED) is 0.793. The highest BCUT2D eigenvalue weighted by Gasteiger charge is 2.18. The highest BCUT2D eigenvalue weighted by atomic mass is 16.5. The van der Waals surface area contributed by atoms with E-state index in [1.165, 1.54) is 6.42 Å². The molecule has 130 valence electrons. The van der Waals surface area contributed by atoms with Gasteiger partial charge in [-0.2, -0.15) is 5.10 Å².